The van der Waals surface area contributed by atoms with E-state index in [-0.39, 0.29) is 18.4 Å². The zero-order valence-corrected chi connectivity index (χ0v) is 20.0. The number of carbonyl (C=O) groups excluding carboxylic acids is 2. The van der Waals surface area contributed by atoms with Crippen molar-refractivity contribution in [3.8, 4) is 0 Å². The first-order chi connectivity index (χ1) is 15.5. The zero-order valence-electron chi connectivity index (χ0n) is 18.4. The van der Waals surface area contributed by atoms with Crippen LogP contribution in [0.15, 0.2) is 77.4 Å². The van der Waals surface area contributed by atoms with Gasteiger partial charge in [-0.05, 0) is 35.9 Å². The fraction of sp³-hybridized carbons (Fsp3) is 0.280. The number of nitrogens with zero attached hydrogens (tertiary/aromatic N) is 3. The minimum absolute atomic E-state index is 0.0219. The first-order valence-corrected chi connectivity index (χ1v) is 11.2. The quantitative estimate of drug-likeness (QED) is 0.423. The van der Waals surface area contributed by atoms with E-state index in [1.54, 1.807) is 29.0 Å². The number of hydrogen-bond acceptors (Lipinski definition) is 3. The largest absolute Gasteiger partial charge is 0.383 e. The maximum Gasteiger partial charge on any atom is 0.254 e. The molecular weight excluding hydrogens is 470 g/mol. The van der Waals surface area contributed by atoms with Gasteiger partial charge in [0.25, 0.3) is 5.91 Å². The lowest BCUT2D eigenvalue weighted by atomic mass is 10.2. The van der Waals surface area contributed by atoms with Crippen LogP contribution >= 0.6 is 15.9 Å². The summed E-state index contributed by atoms with van der Waals surface area (Å²) in [7, 11) is 3.54. The van der Waals surface area contributed by atoms with Crippen LogP contribution in [0.5, 0.6) is 0 Å². The summed E-state index contributed by atoms with van der Waals surface area (Å²) in [4.78, 5) is 29.9. The molecule has 6 nitrogen and oxygen atoms in total. The summed E-state index contributed by atoms with van der Waals surface area (Å²) in [5.74, 6) is -0.315. The Kier molecular flexibility index (Phi) is 8.64. The lowest BCUT2D eigenvalue weighted by Crippen LogP contribution is -2.44. The van der Waals surface area contributed by atoms with Crippen molar-refractivity contribution in [2.45, 2.75) is 13.1 Å². The molecule has 0 aliphatic carbocycles. The van der Waals surface area contributed by atoms with E-state index in [0.29, 0.717) is 31.8 Å². The van der Waals surface area contributed by atoms with Crippen molar-refractivity contribution in [2.24, 2.45) is 7.05 Å². The second-order valence-corrected chi connectivity index (χ2v) is 8.49. The molecule has 1 aromatic heterocycles. The molecule has 0 fully saturated rings. The third-order valence-corrected chi connectivity index (χ3v) is 5.72. The van der Waals surface area contributed by atoms with Crippen LogP contribution < -0.4 is 0 Å². The molecule has 3 rings (SSSR count). The highest BCUT2D eigenvalue weighted by Gasteiger charge is 2.23. The summed E-state index contributed by atoms with van der Waals surface area (Å²) in [6, 6.07) is 21.0. The van der Waals surface area contributed by atoms with Gasteiger partial charge in [0.2, 0.25) is 5.91 Å². The lowest BCUT2D eigenvalue weighted by molar-refractivity contribution is -0.133. The highest BCUT2D eigenvalue weighted by molar-refractivity contribution is 9.10. The Hall–Kier alpha value is -2.90. The SMILES string of the molecule is COCCN(CC(=O)N(Cc1ccccc1)Cc1cccn1C)C(=O)c1cccc(Br)c1. The third kappa shape index (κ3) is 6.55. The summed E-state index contributed by atoms with van der Waals surface area (Å²) < 4.78 is 8.01. The fourth-order valence-corrected chi connectivity index (χ4v) is 3.81. The van der Waals surface area contributed by atoms with Crippen LogP contribution in [0.1, 0.15) is 21.6 Å². The highest BCUT2D eigenvalue weighted by atomic mass is 79.9. The number of methoxy groups -OCH3 is 1. The molecule has 2 aromatic carbocycles. The number of aryl methyl sites for hydroxylation is 1. The monoisotopic (exact) mass is 497 g/mol. The topological polar surface area (TPSA) is 54.8 Å². The van der Waals surface area contributed by atoms with Gasteiger partial charge in [0.05, 0.1) is 13.2 Å². The van der Waals surface area contributed by atoms with Gasteiger partial charge in [0.15, 0.2) is 0 Å². The first kappa shape index (κ1) is 23.8. The first-order valence-electron chi connectivity index (χ1n) is 10.4. The molecule has 1 heterocycles. The maximum atomic E-state index is 13.4. The van der Waals surface area contributed by atoms with Gasteiger partial charge >= 0.3 is 0 Å². The molecule has 0 spiro atoms. The van der Waals surface area contributed by atoms with Crippen LogP contribution in [0.3, 0.4) is 0 Å². The van der Waals surface area contributed by atoms with Gasteiger partial charge < -0.3 is 19.1 Å². The van der Waals surface area contributed by atoms with Crippen molar-refractivity contribution in [2.75, 3.05) is 26.8 Å². The van der Waals surface area contributed by atoms with Crippen LogP contribution in [-0.4, -0.2) is 53.0 Å². The molecule has 3 aromatic rings. The van der Waals surface area contributed by atoms with Crippen molar-refractivity contribution < 1.29 is 14.3 Å². The average molecular weight is 498 g/mol. The Balaban J connectivity index is 1.81. The molecule has 0 aliphatic heterocycles. The summed E-state index contributed by atoms with van der Waals surface area (Å²) in [6.07, 6.45) is 1.96. The van der Waals surface area contributed by atoms with Gasteiger partial charge in [0, 0.05) is 49.2 Å². The number of rotatable bonds is 10. The van der Waals surface area contributed by atoms with E-state index in [2.05, 4.69) is 15.9 Å². The second-order valence-electron chi connectivity index (χ2n) is 7.58. The van der Waals surface area contributed by atoms with Crippen LogP contribution in [0.4, 0.5) is 0 Å². The van der Waals surface area contributed by atoms with Gasteiger partial charge in [-0.25, -0.2) is 0 Å². The summed E-state index contributed by atoms with van der Waals surface area (Å²) in [6.45, 7) is 1.58. The smallest absolute Gasteiger partial charge is 0.254 e. The number of hydrogen-bond donors (Lipinski definition) is 0. The van der Waals surface area contributed by atoms with Crippen LogP contribution in [0.2, 0.25) is 0 Å². The number of ether oxygens (including phenoxy) is 1. The predicted molar refractivity (Wildman–Crippen MR) is 128 cm³/mol. The number of carbonyl (C=O) groups is 2. The van der Waals surface area contributed by atoms with E-state index in [1.165, 1.54) is 0 Å². The van der Waals surface area contributed by atoms with Gasteiger partial charge in [-0.2, -0.15) is 0 Å². The molecule has 0 bridgehead atoms. The minimum atomic E-state index is -0.199. The molecule has 0 N–H and O–H groups in total. The average Bonchev–Trinajstić information content (AvgIpc) is 3.20. The molecule has 0 unspecified atom stereocenters. The zero-order chi connectivity index (χ0) is 22.9. The van der Waals surface area contributed by atoms with E-state index >= 15 is 0 Å². The maximum absolute atomic E-state index is 13.4. The number of aromatic nitrogens is 1. The van der Waals surface area contributed by atoms with Crippen molar-refractivity contribution in [3.05, 3.63) is 94.2 Å². The summed E-state index contributed by atoms with van der Waals surface area (Å²) in [5, 5.41) is 0. The van der Waals surface area contributed by atoms with Gasteiger partial charge in [-0.1, -0.05) is 52.3 Å². The van der Waals surface area contributed by atoms with Crippen molar-refractivity contribution in [1.29, 1.82) is 0 Å². The van der Waals surface area contributed by atoms with Gasteiger partial charge in [0.1, 0.15) is 6.54 Å². The standard InChI is InChI=1S/C25H28BrN3O3/c1-27-13-7-12-23(27)18-29(17-20-8-4-3-5-9-20)24(30)19-28(14-15-32-2)25(31)21-10-6-11-22(26)16-21/h3-13,16H,14-15,17-19H2,1-2H3. The van der Waals surface area contributed by atoms with E-state index in [1.807, 2.05) is 72.4 Å². The van der Waals surface area contributed by atoms with Crippen molar-refractivity contribution >= 4 is 27.7 Å². The third-order valence-electron chi connectivity index (χ3n) is 5.22. The molecule has 0 saturated carbocycles. The van der Waals surface area contributed by atoms with Crippen molar-refractivity contribution in [1.82, 2.24) is 14.4 Å². The summed E-state index contributed by atoms with van der Waals surface area (Å²) >= 11 is 3.41. The highest BCUT2D eigenvalue weighted by Crippen LogP contribution is 2.15. The van der Waals surface area contributed by atoms with Crippen LogP contribution in [0.25, 0.3) is 0 Å². The second kappa shape index (κ2) is 11.6. The molecule has 0 aliphatic rings. The van der Waals surface area contributed by atoms with Gasteiger partial charge in [-0.3, -0.25) is 9.59 Å². The minimum Gasteiger partial charge on any atom is -0.383 e. The Labute approximate surface area is 197 Å². The molecule has 0 atom stereocenters. The lowest BCUT2D eigenvalue weighted by Gasteiger charge is -2.28. The van der Waals surface area contributed by atoms with Crippen LogP contribution in [0, 0.1) is 0 Å². The molecular formula is C25H28BrN3O3. The number of halogens is 1. The summed E-state index contributed by atoms with van der Waals surface area (Å²) in [5.41, 5.74) is 2.59. The molecule has 0 saturated heterocycles. The Morgan fingerprint density at radius 1 is 0.969 bits per heavy atom. The van der Waals surface area contributed by atoms with Crippen LogP contribution in [-0.2, 0) is 29.7 Å². The normalized spacial score (nSPS) is 10.7. The van der Waals surface area contributed by atoms with E-state index in [0.717, 1.165) is 15.7 Å². The molecule has 168 valence electrons. The van der Waals surface area contributed by atoms with E-state index < -0.39 is 0 Å². The predicted octanol–water partition coefficient (Wildman–Crippen LogP) is 4.11. The molecule has 0 radical (unpaired) electrons. The van der Waals surface area contributed by atoms with Gasteiger partial charge in [-0.15, -0.1) is 0 Å². The molecule has 7 heteroatoms. The Morgan fingerprint density at radius 2 is 1.75 bits per heavy atom. The number of amides is 2. The molecule has 32 heavy (non-hydrogen) atoms. The Bertz CT molecular complexity index is 1040. The fourth-order valence-electron chi connectivity index (χ4n) is 3.41. The molecule has 2 amide bonds. The van der Waals surface area contributed by atoms with E-state index in [9.17, 15) is 9.59 Å². The number of benzene rings is 2. The van der Waals surface area contributed by atoms with E-state index in [4.69, 9.17) is 4.74 Å². The van der Waals surface area contributed by atoms with Crippen molar-refractivity contribution in [3.63, 3.8) is 0 Å². The Morgan fingerprint density at radius 3 is 2.41 bits per heavy atom.